The molecule has 78 valence electrons. The van der Waals surface area contributed by atoms with Gasteiger partial charge in [0, 0.05) is 0 Å². The Morgan fingerprint density at radius 2 is 1.60 bits per heavy atom. The molecule has 4 rings (SSSR count). The van der Waals surface area contributed by atoms with Crippen LogP contribution in [0.1, 0.15) is 37.7 Å². The summed E-state index contributed by atoms with van der Waals surface area (Å²) < 4.78 is 0. The highest BCUT2D eigenvalue weighted by molar-refractivity contribution is 5.68. The van der Waals surface area contributed by atoms with Gasteiger partial charge >= 0.3 is 0 Å². The number of fused-ring (bicyclic) bond motifs is 3. The maximum Gasteiger partial charge on any atom is -0.0159 e. The van der Waals surface area contributed by atoms with Gasteiger partial charge in [-0.05, 0) is 55.1 Å². The number of allylic oxidation sites excluding steroid dienone is 2. The first-order valence-electron chi connectivity index (χ1n) is 6.19. The summed E-state index contributed by atoms with van der Waals surface area (Å²) in [7, 11) is 0. The number of hydrogen-bond donors (Lipinski definition) is 0. The lowest BCUT2D eigenvalue weighted by Crippen LogP contribution is -2.11. The molecule has 0 heteroatoms. The van der Waals surface area contributed by atoms with Crippen molar-refractivity contribution in [3.8, 4) is 0 Å². The predicted octanol–water partition coefficient (Wildman–Crippen LogP) is 4.28. The maximum absolute atomic E-state index is 2.52. The van der Waals surface area contributed by atoms with Crippen LogP contribution in [0.4, 0.5) is 0 Å². The molecule has 0 saturated heterocycles. The summed E-state index contributed by atoms with van der Waals surface area (Å²) in [5.41, 5.74) is 3.10. The third kappa shape index (κ3) is 1.73. The number of rotatable bonds is 1. The lowest BCUT2D eigenvalue weighted by molar-refractivity contribution is 0.331. The van der Waals surface area contributed by atoms with E-state index in [9.17, 15) is 0 Å². The highest BCUT2D eigenvalue weighted by Gasteiger charge is 2.27. The minimum atomic E-state index is 0.853. The Bertz CT molecular complexity index is 353. The van der Waals surface area contributed by atoms with Crippen LogP contribution in [0.2, 0.25) is 0 Å². The van der Waals surface area contributed by atoms with E-state index in [0.717, 1.165) is 11.8 Å². The summed E-state index contributed by atoms with van der Waals surface area (Å²) in [5, 5.41) is 0. The molecule has 0 nitrogen and oxygen atoms in total. The van der Waals surface area contributed by atoms with Crippen LogP contribution in [-0.2, 0) is 0 Å². The SMILES string of the molecule is C1=C(c2ccccc2)C2CCC(C1)CC2. The van der Waals surface area contributed by atoms with Crippen molar-refractivity contribution in [1.82, 2.24) is 0 Å². The van der Waals surface area contributed by atoms with Gasteiger partial charge < -0.3 is 0 Å². The van der Waals surface area contributed by atoms with Gasteiger partial charge in [-0.25, -0.2) is 0 Å². The lowest BCUT2D eigenvalue weighted by Gasteiger charge is -2.25. The second kappa shape index (κ2) is 3.84. The first kappa shape index (κ1) is 9.21. The molecule has 0 aliphatic heterocycles. The summed E-state index contributed by atoms with van der Waals surface area (Å²) in [6.07, 6.45) is 9.59. The summed E-state index contributed by atoms with van der Waals surface area (Å²) >= 11 is 0. The highest BCUT2D eigenvalue weighted by atomic mass is 14.3. The standard InChI is InChI=1S/C15H18/c1-2-4-13(5-3-1)15-11-8-12-6-9-14(15)10-7-12/h1-5,11-12,14H,6-10H2. The molecule has 2 bridgehead atoms. The second-order valence-corrected chi connectivity index (χ2v) is 4.98. The average Bonchev–Trinajstić information content (AvgIpc) is 2.63. The van der Waals surface area contributed by atoms with Crippen molar-refractivity contribution in [2.45, 2.75) is 32.1 Å². The van der Waals surface area contributed by atoms with Crippen LogP contribution >= 0.6 is 0 Å². The van der Waals surface area contributed by atoms with E-state index in [4.69, 9.17) is 0 Å². The predicted molar refractivity (Wildman–Crippen MR) is 64.5 cm³/mol. The molecule has 15 heavy (non-hydrogen) atoms. The van der Waals surface area contributed by atoms with E-state index < -0.39 is 0 Å². The zero-order chi connectivity index (χ0) is 10.1. The summed E-state index contributed by atoms with van der Waals surface area (Å²) in [6.45, 7) is 0. The fourth-order valence-electron chi connectivity index (χ4n) is 3.15. The van der Waals surface area contributed by atoms with Gasteiger partial charge in [0.1, 0.15) is 0 Å². The monoisotopic (exact) mass is 198 g/mol. The zero-order valence-electron chi connectivity index (χ0n) is 9.15. The first-order valence-corrected chi connectivity index (χ1v) is 6.19. The Balaban J connectivity index is 1.95. The Morgan fingerprint density at radius 1 is 0.867 bits per heavy atom. The van der Waals surface area contributed by atoms with Crippen LogP contribution in [0.3, 0.4) is 0 Å². The fourth-order valence-corrected chi connectivity index (χ4v) is 3.15. The Morgan fingerprint density at radius 3 is 2.33 bits per heavy atom. The molecule has 1 fully saturated rings. The van der Waals surface area contributed by atoms with Gasteiger partial charge in [-0.15, -0.1) is 0 Å². The molecule has 1 aromatic carbocycles. The molecule has 1 saturated carbocycles. The Hall–Kier alpha value is -1.04. The van der Waals surface area contributed by atoms with Gasteiger partial charge in [0.15, 0.2) is 0 Å². The Labute approximate surface area is 92.0 Å². The van der Waals surface area contributed by atoms with Gasteiger partial charge in [0.2, 0.25) is 0 Å². The van der Waals surface area contributed by atoms with Crippen molar-refractivity contribution in [2.24, 2.45) is 11.8 Å². The summed E-state index contributed by atoms with van der Waals surface area (Å²) in [6, 6.07) is 11.0. The van der Waals surface area contributed by atoms with Gasteiger partial charge in [-0.1, -0.05) is 36.4 Å². The minimum absolute atomic E-state index is 0.853. The quantitative estimate of drug-likeness (QED) is 0.632. The van der Waals surface area contributed by atoms with Crippen LogP contribution in [0.15, 0.2) is 36.4 Å². The van der Waals surface area contributed by atoms with E-state index in [2.05, 4.69) is 36.4 Å². The second-order valence-electron chi connectivity index (χ2n) is 4.98. The molecular formula is C15H18. The largest absolute Gasteiger partial charge is 0.0802 e. The zero-order valence-corrected chi connectivity index (χ0v) is 9.15. The molecule has 0 spiro atoms. The smallest absolute Gasteiger partial charge is 0.0159 e. The topological polar surface area (TPSA) is 0 Å². The minimum Gasteiger partial charge on any atom is -0.0802 e. The third-order valence-electron chi connectivity index (χ3n) is 4.06. The van der Waals surface area contributed by atoms with Crippen LogP contribution in [-0.4, -0.2) is 0 Å². The van der Waals surface area contributed by atoms with E-state index in [0.29, 0.717) is 0 Å². The van der Waals surface area contributed by atoms with Crippen LogP contribution < -0.4 is 0 Å². The normalized spacial score (nSPS) is 29.7. The van der Waals surface area contributed by atoms with Crippen molar-refractivity contribution in [3.63, 3.8) is 0 Å². The summed E-state index contributed by atoms with van der Waals surface area (Å²) in [4.78, 5) is 0. The molecule has 1 aromatic rings. The number of benzene rings is 1. The van der Waals surface area contributed by atoms with E-state index in [1.54, 1.807) is 5.57 Å². The average molecular weight is 198 g/mol. The molecule has 0 heterocycles. The lowest BCUT2D eigenvalue weighted by atomic mass is 9.80. The maximum atomic E-state index is 2.52. The van der Waals surface area contributed by atoms with E-state index >= 15 is 0 Å². The van der Waals surface area contributed by atoms with E-state index in [1.165, 1.54) is 37.7 Å². The molecule has 0 atom stereocenters. The van der Waals surface area contributed by atoms with Gasteiger partial charge in [0.25, 0.3) is 0 Å². The molecule has 0 amide bonds. The van der Waals surface area contributed by atoms with Crippen molar-refractivity contribution < 1.29 is 0 Å². The molecular weight excluding hydrogens is 180 g/mol. The van der Waals surface area contributed by atoms with E-state index in [-0.39, 0.29) is 0 Å². The van der Waals surface area contributed by atoms with Crippen molar-refractivity contribution in [2.75, 3.05) is 0 Å². The van der Waals surface area contributed by atoms with Crippen molar-refractivity contribution in [1.29, 1.82) is 0 Å². The fraction of sp³-hybridized carbons (Fsp3) is 0.467. The van der Waals surface area contributed by atoms with Crippen LogP contribution in [0, 0.1) is 11.8 Å². The Kier molecular flexibility index (Phi) is 2.36. The van der Waals surface area contributed by atoms with Crippen molar-refractivity contribution in [3.05, 3.63) is 42.0 Å². The van der Waals surface area contributed by atoms with Gasteiger partial charge in [-0.3, -0.25) is 0 Å². The summed E-state index contributed by atoms with van der Waals surface area (Å²) in [5.74, 6) is 1.84. The molecule has 0 radical (unpaired) electrons. The molecule has 3 aliphatic carbocycles. The van der Waals surface area contributed by atoms with Gasteiger partial charge in [0.05, 0.1) is 0 Å². The van der Waals surface area contributed by atoms with Crippen molar-refractivity contribution >= 4 is 5.57 Å². The van der Waals surface area contributed by atoms with Crippen LogP contribution in [0.25, 0.3) is 5.57 Å². The highest BCUT2D eigenvalue weighted by Crippen LogP contribution is 2.42. The van der Waals surface area contributed by atoms with Gasteiger partial charge in [-0.2, -0.15) is 0 Å². The number of hydrogen-bond acceptors (Lipinski definition) is 0. The third-order valence-corrected chi connectivity index (χ3v) is 4.06. The van der Waals surface area contributed by atoms with Crippen LogP contribution in [0.5, 0.6) is 0 Å². The van der Waals surface area contributed by atoms with E-state index in [1.807, 2.05) is 0 Å². The molecule has 0 N–H and O–H groups in total. The molecule has 0 unspecified atom stereocenters. The molecule has 0 aromatic heterocycles. The first-order chi connectivity index (χ1) is 7.43. The molecule has 3 aliphatic rings.